The third-order valence-electron chi connectivity index (χ3n) is 6.23. The Kier molecular flexibility index (Phi) is 5.26. The highest BCUT2D eigenvalue weighted by Gasteiger charge is 2.39. The number of nitrogens with one attached hydrogen (secondary N) is 2. The SMILES string of the molecule is COc1ccccc1-n1c([O-])c([C@@H]2c3c(cc4c(c3OC)OCO4)CC[NH+]2C)c(=O)[nH]c1=S. The minimum absolute atomic E-state index is 0.00425. The van der Waals surface area contributed by atoms with Gasteiger partial charge in [-0.2, -0.15) is 0 Å². The quantitative estimate of drug-likeness (QED) is 0.547. The second-order valence-electron chi connectivity index (χ2n) is 7.98. The average Bonchev–Trinajstić information content (AvgIpc) is 3.27. The zero-order valence-corrected chi connectivity index (χ0v) is 19.2. The van der Waals surface area contributed by atoms with Gasteiger partial charge in [0, 0.05) is 6.42 Å². The normalized spacial score (nSPS) is 18.6. The number of nitrogens with zero attached hydrogens (tertiary/aromatic N) is 1. The van der Waals surface area contributed by atoms with Crippen LogP contribution in [0.1, 0.15) is 22.7 Å². The van der Waals surface area contributed by atoms with Crippen LogP contribution >= 0.6 is 12.2 Å². The first-order valence-corrected chi connectivity index (χ1v) is 10.9. The van der Waals surface area contributed by atoms with Gasteiger partial charge in [0.25, 0.3) is 5.56 Å². The fourth-order valence-corrected chi connectivity index (χ4v) is 5.01. The molecule has 33 heavy (non-hydrogen) atoms. The van der Waals surface area contributed by atoms with Crippen LogP contribution < -0.4 is 34.5 Å². The molecule has 5 rings (SSSR count). The molecule has 3 aromatic rings. The van der Waals surface area contributed by atoms with E-state index >= 15 is 0 Å². The van der Waals surface area contributed by atoms with Crippen molar-refractivity contribution in [2.45, 2.75) is 12.5 Å². The van der Waals surface area contributed by atoms with Crippen molar-refractivity contribution in [3.05, 3.63) is 62.1 Å². The van der Waals surface area contributed by atoms with Crippen LogP contribution in [0.5, 0.6) is 28.9 Å². The standard InChI is InChI=1S/C23H23N3O6S/c1-25-9-8-12-10-15-19(32-11-31-15)20(30-3)16(12)18(25)17-21(27)24-23(33)26(22(17)28)13-6-4-5-7-14(13)29-2/h4-7,10,18,28H,8-9,11H2,1-3H3,(H,24,27,33)/t18-/m0/s1. The van der Waals surface area contributed by atoms with Gasteiger partial charge in [-0.1, -0.05) is 12.1 Å². The summed E-state index contributed by atoms with van der Waals surface area (Å²) in [5.41, 5.74) is 1.71. The minimum atomic E-state index is -0.592. The summed E-state index contributed by atoms with van der Waals surface area (Å²) in [5, 5.41) is 13.9. The van der Waals surface area contributed by atoms with Gasteiger partial charge in [0.1, 0.15) is 11.8 Å². The van der Waals surface area contributed by atoms with Crippen molar-refractivity contribution >= 4 is 12.2 Å². The Morgan fingerprint density at radius 3 is 2.76 bits per heavy atom. The molecule has 0 saturated heterocycles. The summed E-state index contributed by atoms with van der Waals surface area (Å²) in [5.74, 6) is 1.54. The lowest BCUT2D eigenvalue weighted by Crippen LogP contribution is -3.10. The molecule has 0 spiro atoms. The number of ether oxygens (including phenoxy) is 4. The molecule has 0 bridgehead atoms. The van der Waals surface area contributed by atoms with Gasteiger partial charge >= 0.3 is 0 Å². The maximum atomic E-state index is 13.9. The lowest BCUT2D eigenvalue weighted by Gasteiger charge is -2.35. The number of likely N-dealkylation sites (N-methyl/N-ethyl adjacent to an activating group) is 1. The number of quaternary nitrogens is 1. The van der Waals surface area contributed by atoms with E-state index < -0.39 is 17.5 Å². The second kappa shape index (κ2) is 8.13. The fraction of sp³-hybridized carbons (Fsp3) is 0.304. The van der Waals surface area contributed by atoms with E-state index in [4.69, 9.17) is 31.2 Å². The Bertz CT molecular complexity index is 1370. The van der Waals surface area contributed by atoms with Crippen LogP contribution in [0.15, 0.2) is 35.1 Å². The van der Waals surface area contributed by atoms with Crippen LogP contribution in [-0.4, -0.2) is 44.2 Å². The number of hydrogen-bond acceptors (Lipinski definition) is 7. The number of hydrogen-bond donors (Lipinski definition) is 2. The van der Waals surface area contributed by atoms with Gasteiger partial charge in [0.05, 0.1) is 44.6 Å². The molecule has 3 heterocycles. The van der Waals surface area contributed by atoms with Gasteiger partial charge in [-0.05, 0) is 41.9 Å². The Hall–Kier alpha value is -3.50. The van der Waals surface area contributed by atoms with E-state index in [1.165, 1.54) is 11.7 Å². The molecule has 10 heteroatoms. The van der Waals surface area contributed by atoms with Crippen molar-refractivity contribution in [3.63, 3.8) is 0 Å². The first-order chi connectivity index (χ1) is 16.0. The molecular weight excluding hydrogens is 446 g/mol. The van der Waals surface area contributed by atoms with Gasteiger partial charge in [-0.3, -0.25) is 14.3 Å². The number of H-pyrrole nitrogens is 1. The summed E-state index contributed by atoms with van der Waals surface area (Å²) in [6, 6.07) is 8.35. The fourth-order valence-electron chi connectivity index (χ4n) is 4.73. The van der Waals surface area contributed by atoms with Crippen LogP contribution in [0.2, 0.25) is 0 Å². The Balaban J connectivity index is 1.80. The monoisotopic (exact) mass is 469 g/mol. The maximum Gasteiger partial charge on any atom is 0.260 e. The smallest absolute Gasteiger partial charge is 0.260 e. The van der Waals surface area contributed by atoms with Crippen molar-refractivity contribution in [1.29, 1.82) is 0 Å². The largest absolute Gasteiger partial charge is 0.859 e. The van der Waals surface area contributed by atoms with Crippen molar-refractivity contribution in [3.8, 4) is 34.6 Å². The van der Waals surface area contributed by atoms with E-state index in [9.17, 15) is 9.90 Å². The molecule has 0 aliphatic carbocycles. The second-order valence-corrected chi connectivity index (χ2v) is 8.37. The molecule has 0 saturated carbocycles. The summed E-state index contributed by atoms with van der Waals surface area (Å²) in [6.07, 6.45) is 0.738. The lowest BCUT2D eigenvalue weighted by atomic mass is 9.87. The van der Waals surface area contributed by atoms with E-state index in [-0.39, 0.29) is 17.1 Å². The molecule has 2 N–H and O–H groups in total. The van der Waals surface area contributed by atoms with Gasteiger partial charge in [0.2, 0.25) is 12.5 Å². The summed E-state index contributed by atoms with van der Waals surface area (Å²) in [7, 11) is 5.01. The van der Waals surface area contributed by atoms with Crippen molar-refractivity contribution in [2.24, 2.45) is 0 Å². The van der Waals surface area contributed by atoms with E-state index in [2.05, 4.69) is 4.98 Å². The Morgan fingerprint density at radius 1 is 1.21 bits per heavy atom. The molecular formula is C23H23N3O6S. The minimum Gasteiger partial charge on any atom is -0.859 e. The first-order valence-electron chi connectivity index (χ1n) is 10.5. The highest BCUT2D eigenvalue weighted by molar-refractivity contribution is 7.71. The number of methoxy groups -OCH3 is 2. The summed E-state index contributed by atoms with van der Waals surface area (Å²) >= 11 is 5.38. The Morgan fingerprint density at radius 2 is 2.00 bits per heavy atom. The van der Waals surface area contributed by atoms with Crippen LogP contribution in [0.25, 0.3) is 5.69 Å². The molecule has 1 aromatic heterocycles. The predicted molar refractivity (Wildman–Crippen MR) is 120 cm³/mol. The molecule has 2 aliphatic heterocycles. The highest BCUT2D eigenvalue weighted by Crippen LogP contribution is 2.48. The molecule has 1 unspecified atom stereocenters. The van der Waals surface area contributed by atoms with Crippen molar-refractivity contribution in [2.75, 3.05) is 34.6 Å². The highest BCUT2D eigenvalue weighted by atomic mass is 32.1. The predicted octanol–water partition coefficient (Wildman–Crippen LogP) is 0.875. The molecule has 0 radical (unpaired) electrons. The first kappa shape index (κ1) is 21.4. The number of rotatable bonds is 4. The zero-order valence-electron chi connectivity index (χ0n) is 18.4. The van der Waals surface area contributed by atoms with Gasteiger partial charge in [-0.25, -0.2) is 0 Å². The summed E-state index contributed by atoms with van der Waals surface area (Å²) in [6.45, 7) is 0.803. The maximum absolute atomic E-state index is 13.9. The van der Waals surface area contributed by atoms with E-state index in [0.29, 0.717) is 35.2 Å². The van der Waals surface area contributed by atoms with Crippen molar-refractivity contribution < 1.29 is 29.0 Å². The van der Waals surface area contributed by atoms with E-state index in [0.717, 1.165) is 22.4 Å². The number of aromatic nitrogens is 2. The number of aromatic amines is 1. The van der Waals surface area contributed by atoms with E-state index in [1.54, 1.807) is 31.4 Å². The number of fused-ring (bicyclic) bond motifs is 2. The molecule has 172 valence electrons. The summed E-state index contributed by atoms with van der Waals surface area (Å²) in [4.78, 5) is 16.9. The molecule has 2 aliphatic rings. The van der Waals surface area contributed by atoms with Gasteiger partial charge in [-0.15, -0.1) is 0 Å². The molecule has 2 atom stereocenters. The zero-order chi connectivity index (χ0) is 23.3. The summed E-state index contributed by atoms with van der Waals surface area (Å²) < 4.78 is 23.7. The van der Waals surface area contributed by atoms with E-state index in [1.807, 2.05) is 13.1 Å². The Labute approximate surface area is 194 Å². The molecule has 2 aromatic carbocycles. The lowest BCUT2D eigenvalue weighted by molar-refractivity contribution is -0.908. The van der Waals surface area contributed by atoms with Crippen LogP contribution in [0.4, 0.5) is 0 Å². The number of para-hydroxylation sites is 2. The van der Waals surface area contributed by atoms with Crippen LogP contribution in [-0.2, 0) is 6.42 Å². The van der Waals surface area contributed by atoms with Crippen molar-refractivity contribution in [1.82, 2.24) is 9.55 Å². The average molecular weight is 470 g/mol. The van der Waals surface area contributed by atoms with Gasteiger partial charge < -0.3 is 29.0 Å². The molecule has 0 fully saturated rings. The number of benzene rings is 2. The third kappa shape index (κ3) is 3.25. The third-order valence-corrected chi connectivity index (χ3v) is 6.52. The molecule has 0 amide bonds. The van der Waals surface area contributed by atoms with Crippen LogP contribution in [0.3, 0.4) is 0 Å². The molecule has 9 nitrogen and oxygen atoms in total. The topological polar surface area (TPSA) is 102 Å². The van der Waals surface area contributed by atoms with Crippen LogP contribution in [0, 0.1) is 4.77 Å². The van der Waals surface area contributed by atoms with Gasteiger partial charge in [0.15, 0.2) is 16.3 Å².